The van der Waals surface area contributed by atoms with Gasteiger partial charge >= 0.3 is 0 Å². The summed E-state index contributed by atoms with van der Waals surface area (Å²) in [6, 6.07) is 0. The van der Waals surface area contributed by atoms with E-state index in [2.05, 4.69) is 17.9 Å². The largest absolute Gasteiger partial charge is 0.474 e. The Balaban J connectivity index is -0.000000146. The van der Waals surface area contributed by atoms with Gasteiger partial charge in [-0.2, -0.15) is 0 Å². The molecule has 15 heavy (non-hydrogen) atoms. The normalized spacial score (nSPS) is 12.3. The molecule has 2 N–H and O–H groups in total. The first-order valence-electron chi connectivity index (χ1n) is 5.18. The Hall–Kier alpha value is -0.800. The number of hydrogen-bond donors (Lipinski definition) is 2. The summed E-state index contributed by atoms with van der Waals surface area (Å²) in [5, 5.41) is 14.0. The van der Waals surface area contributed by atoms with E-state index < -0.39 is 0 Å². The van der Waals surface area contributed by atoms with E-state index in [1.807, 2.05) is 0 Å². The summed E-state index contributed by atoms with van der Waals surface area (Å²) in [5.74, 6) is 0. The van der Waals surface area contributed by atoms with Gasteiger partial charge in [0, 0.05) is 14.2 Å². The highest BCUT2D eigenvalue weighted by Gasteiger charge is 1.95. The maximum Gasteiger partial charge on any atom is 0.0829 e. The number of aliphatic hydroxyl groups excluding tert-OH is 2. The van der Waals surface area contributed by atoms with Crippen molar-refractivity contribution >= 4 is 0 Å². The van der Waals surface area contributed by atoms with Crippen LogP contribution in [-0.4, -0.2) is 24.4 Å². The van der Waals surface area contributed by atoms with E-state index in [9.17, 15) is 0 Å². The lowest BCUT2D eigenvalue weighted by Gasteiger charge is -2.05. The third-order valence-corrected chi connectivity index (χ3v) is 1.69. The minimum Gasteiger partial charge on any atom is -0.474 e. The quantitative estimate of drug-likeness (QED) is 0.701. The third-order valence-electron chi connectivity index (χ3n) is 1.69. The average Bonchev–Trinajstić information content (AvgIpc) is 2.38. The molecule has 0 aromatic heterocycles. The summed E-state index contributed by atoms with van der Waals surface area (Å²) in [5.41, 5.74) is 0. The molecule has 0 saturated heterocycles. The second kappa shape index (κ2) is 29.2. The second-order valence-electron chi connectivity index (χ2n) is 2.59. The van der Waals surface area contributed by atoms with Crippen molar-refractivity contribution in [1.82, 2.24) is 0 Å². The lowest BCUT2D eigenvalue weighted by Crippen LogP contribution is -1.85. The standard InChI is InChI=1S/C6H12.C4H6O.2CH4O/c1-2-4-6-5-3-1;1-3-5-4-2;2*1-2/h1-6H2;3-4H,1-2H2;2*2H,1H3. The Morgan fingerprint density at radius 1 is 0.733 bits per heavy atom. The molecule has 0 bridgehead atoms. The fourth-order valence-corrected chi connectivity index (χ4v) is 1.13. The highest BCUT2D eigenvalue weighted by Crippen LogP contribution is 2.15. The van der Waals surface area contributed by atoms with Crippen molar-refractivity contribution in [3.8, 4) is 0 Å². The van der Waals surface area contributed by atoms with Crippen LogP contribution in [0.15, 0.2) is 25.7 Å². The highest BCUT2D eigenvalue weighted by atomic mass is 16.5. The van der Waals surface area contributed by atoms with Crippen molar-refractivity contribution in [2.75, 3.05) is 14.2 Å². The minimum absolute atomic E-state index is 1.00. The Bertz CT molecular complexity index is 81.5. The van der Waals surface area contributed by atoms with Gasteiger partial charge in [0.2, 0.25) is 0 Å². The summed E-state index contributed by atoms with van der Waals surface area (Å²) < 4.78 is 4.36. The molecule has 0 aliphatic heterocycles. The van der Waals surface area contributed by atoms with Crippen LogP contribution in [0.2, 0.25) is 0 Å². The van der Waals surface area contributed by atoms with Gasteiger partial charge < -0.3 is 14.9 Å². The molecule has 1 aliphatic rings. The first-order valence-corrected chi connectivity index (χ1v) is 5.18. The van der Waals surface area contributed by atoms with Crippen LogP contribution in [0.3, 0.4) is 0 Å². The molecule has 1 aliphatic carbocycles. The van der Waals surface area contributed by atoms with E-state index in [1.54, 1.807) is 0 Å². The van der Waals surface area contributed by atoms with Crippen LogP contribution in [0.25, 0.3) is 0 Å². The van der Waals surface area contributed by atoms with Gasteiger partial charge in [-0.05, 0) is 0 Å². The molecule has 1 saturated carbocycles. The van der Waals surface area contributed by atoms with Gasteiger partial charge in [-0.3, -0.25) is 0 Å². The lowest BCUT2D eigenvalue weighted by molar-refractivity contribution is 0.399. The van der Waals surface area contributed by atoms with E-state index in [-0.39, 0.29) is 0 Å². The molecule has 0 spiro atoms. The van der Waals surface area contributed by atoms with Gasteiger partial charge in [0.15, 0.2) is 0 Å². The fraction of sp³-hybridized carbons (Fsp3) is 0.667. The lowest BCUT2D eigenvalue weighted by atomic mass is 10.0. The van der Waals surface area contributed by atoms with Crippen LogP contribution in [0.4, 0.5) is 0 Å². The molecular weight excluding hydrogens is 192 g/mol. The van der Waals surface area contributed by atoms with Crippen LogP contribution >= 0.6 is 0 Å². The van der Waals surface area contributed by atoms with Crippen molar-refractivity contribution in [1.29, 1.82) is 0 Å². The molecule has 0 atom stereocenters. The monoisotopic (exact) mass is 218 g/mol. The van der Waals surface area contributed by atoms with Crippen molar-refractivity contribution in [2.24, 2.45) is 0 Å². The molecule has 0 aromatic carbocycles. The Kier molecular flexibility index (Phi) is 38.4. The molecule has 0 heterocycles. The zero-order valence-corrected chi connectivity index (χ0v) is 10.1. The molecular formula is C12H26O3. The molecule has 0 unspecified atom stereocenters. The Labute approximate surface area is 94.1 Å². The average molecular weight is 218 g/mol. The first-order chi connectivity index (χ1) is 7.41. The van der Waals surface area contributed by atoms with Crippen molar-refractivity contribution in [3.63, 3.8) is 0 Å². The van der Waals surface area contributed by atoms with Gasteiger partial charge in [-0.15, -0.1) is 0 Å². The zero-order valence-electron chi connectivity index (χ0n) is 10.1. The number of rotatable bonds is 2. The summed E-state index contributed by atoms with van der Waals surface area (Å²) in [6.45, 7) is 6.51. The molecule has 0 aromatic rings. The predicted molar refractivity (Wildman–Crippen MR) is 65.5 cm³/mol. The Morgan fingerprint density at radius 2 is 0.933 bits per heavy atom. The predicted octanol–water partition coefficient (Wildman–Crippen LogP) is 2.85. The molecule has 0 radical (unpaired) electrons. The van der Waals surface area contributed by atoms with Gasteiger partial charge in [-0.1, -0.05) is 51.7 Å². The first kappa shape index (κ1) is 19.7. The number of hydrogen-bond acceptors (Lipinski definition) is 3. The molecule has 0 amide bonds. The molecule has 3 heteroatoms. The van der Waals surface area contributed by atoms with Crippen molar-refractivity contribution < 1.29 is 14.9 Å². The van der Waals surface area contributed by atoms with E-state index in [0.29, 0.717) is 0 Å². The number of ether oxygens (including phenoxy) is 1. The molecule has 3 nitrogen and oxygen atoms in total. The summed E-state index contributed by atoms with van der Waals surface area (Å²) in [4.78, 5) is 0. The van der Waals surface area contributed by atoms with Gasteiger partial charge in [0.05, 0.1) is 12.5 Å². The topological polar surface area (TPSA) is 49.7 Å². The van der Waals surface area contributed by atoms with Crippen molar-refractivity contribution in [3.05, 3.63) is 25.7 Å². The van der Waals surface area contributed by atoms with Crippen LogP contribution in [0.5, 0.6) is 0 Å². The van der Waals surface area contributed by atoms with E-state index in [0.717, 1.165) is 14.2 Å². The van der Waals surface area contributed by atoms with E-state index >= 15 is 0 Å². The SMILES string of the molecule is C1CCCCC1.C=COC=C.CO.CO. The maximum absolute atomic E-state index is 7.00. The summed E-state index contributed by atoms with van der Waals surface area (Å²) in [6.07, 6.45) is 11.6. The van der Waals surface area contributed by atoms with Crippen LogP contribution in [0, 0.1) is 0 Å². The molecule has 1 rings (SSSR count). The molecule has 92 valence electrons. The summed E-state index contributed by atoms with van der Waals surface area (Å²) in [7, 11) is 2.00. The zero-order chi connectivity index (χ0) is 12.4. The van der Waals surface area contributed by atoms with Gasteiger partial charge in [-0.25, -0.2) is 0 Å². The van der Waals surface area contributed by atoms with Gasteiger partial charge in [0.25, 0.3) is 0 Å². The maximum atomic E-state index is 7.00. The minimum atomic E-state index is 1.00. The van der Waals surface area contributed by atoms with E-state index in [1.165, 1.54) is 51.0 Å². The Morgan fingerprint density at radius 3 is 1.00 bits per heavy atom. The number of aliphatic hydroxyl groups is 2. The molecule has 1 fully saturated rings. The van der Waals surface area contributed by atoms with Crippen LogP contribution in [0.1, 0.15) is 38.5 Å². The van der Waals surface area contributed by atoms with Crippen molar-refractivity contribution in [2.45, 2.75) is 38.5 Å². The second-order valence-corrected chi connectivity index (χ2v) is 2.59. The third kappa shape index (κ3) is 31.9. The highest BCUT2D eigenvalue weighted by molar-refractivity contribution is 4.57. The smallest absolute Gasteiger partial charge is 0.0829 e. The van der Waals surface area contributed by atoms with Crippen LogP contribution in [-0.2, 0) is 4.74 Å². The van der Waals surface area contributed by atoms with Gasteiger partial charge in [0.1, 0.15) is 0 Å². The van der Waals surface area contributed by atoms with Crippen LogP contribution < -0.4 is 0 Å². The fourth-order valence-electron chi connectivity index (χ4n) is 1.13. The summed E-state index contributed by atoms with van der Waals surface area (Å²) >= 11 is 0. The van der Waals surface area contributed by atoms with E-state index in [4.69, 9.17) is 10.2 Å².